The van der Waals surface area contributed by atoms with E-state index in [0.717, 1.165) is 51.4 Å². The SMILES string of the molecule is CCCCCCCCOC(CCC(=O)OCCCCCCCCCCN(CCCC)CCCCCCCCCCOC(=O)CCC(OCCCCCCCC)OCCCCCCCC)OCCCCCCCC. The van der Waals surface area contributed by atoms with Gasteiger partial charge in [-0.25, -0.2) is 0 Å². The number of ether oxygens (including phenoxy) is 6. The third kappa shape index (κ3) is 56.8. The predicted octanol–water partition coefficient (Wildman–Crippen LogP) is 19.1. The van der Waals surface area contributed by atoms with Crippen molar-refractivity contribution in [3.05, 3.63) is 0 Å². The van der Waals surface area contributed by atoms with Crippen LogP contribution in [-0.2, 0) is 38.0 Å². The summed E-state index contributed by atoms with van der Waals surface area (Å²) >= 11 is 0. The molecule has 0 bridgehead atoms. The molecular formula is C64H127NO8. The van der Waals surface area contributed by atoms with Crippen molar-refractivity contribution in [1.82, 2.24) is 4.90 Å². The van der Waals surface area contributed by atoms with Crippen LogP contribution in [0, 0.1) is 0 Å². The minimum atomic E-state index is -0.301. The number of nitrogens with zero attached hydrogens (tertiary/aromatic N) is 1. The fraction of sp³-hybridized carbons (Fsp3) is 0.969. The van der Waals surface area contributed by atoms with Crippen LogP contribution in [0.4, 0.5) is 0 Å². The van der Waals surface area contributed by atoms with Crippen molar-refractivity contribution in [3.63, 3.8) is 0 Å². The molecule has 0 spiro atoms. The van der Waals surface area contributed by atoms with Gasteiger partial charge in [0.2, 0.25) is 0 Å². The molecule has 0 N–H and O–H groups in total. The monoisotopic (exact) mass is 1040 g/mol. The standard InChI is InChI=1S/C64H127NO8/c1-6-11-16-20-34-44-57-70-63(71-58-45-35-21-17-12-7-2)50-48-61(66)68-55-42-38-30-26-24-28-32-40-53-65(52-15-10-5)54-41-33-29-25-27-31-39-43-56-69-62(67)49-51-64(72-59-46-36-22-18-13-8-3)73-60-47-37-23-19-14-9-4/h63-64H,6-60H2,1-5H3. The van der Waals surface area contributed by atoms with Crippen LogP contribution in [-0.4, -0.2) is 88.7 Å². The average Bonchev–Trinajstić information content (AvgIpc) is 3.39. The van der Waals surface area contributed by atoms with Crippen LogP contribution in [0.5, 0.6) is 0 Å². The maximum absolute atomic E-state index is 12.6. The Labute approximate surface area is 454 Å². The number of rotatable bonds is 63. The fourth-order valence-electron chi connectivity index (χ4n) is 9.52. The lowest BCUT2D eigenvalue weighted by atomic mass is 10.1. The van der Waals surface area contributed by atoms with Crippen LogP contribution in [0.15, 0.2) is 0 Å². The molecule has 0 aromatic heterocycles. The minimum absolute atomic E-state index is 0.117. The molecule has 0 saturated heterocycles. The van der Waals surface area contributed by atoms with Crippen LogP contribution in [0.1, 0.15) is 330 Å². The zero-order chi connectivity index (χ0) is 53.0. The second-order valence-corrected chi connectivity index (χ2v) is 21.8. The molecule has 436 valence electrons. The highest BCUT2D eigenvalue weighted by Gasteiger charge is 2.15. The van der Waals surface area contributed by atoms with E-state index in [0.29, 0.717) is 65.3 Å². The molecule has 9 nitrogen and oxygen atoms in total. The number of esters is 2. The Balaban J connectivity index is 4.03. The molecule has 0 atom stereocenters. The summed E-state index contributed by atoms with van der Waals surface area (Å²) in [5, 5.41) is 0. The minimum Gasteiger partial charge on any atom is -0.466 e. The lowest BCUT2D eigenvalue weighted by Crippen LogP contribution is -2.27. The quantitative estimate of drug-likeness (QED) is 0.0335. The van der Waals surface area contributed by atoms with E-state index in [2.05, 4.69) is 39.5 Å². The predicted molar refractivity (Wildman–Crippen MR) is 310 cm³/mol. The zero-order valence-corrected chi connectivity index (χ0v) is 49.8. The van der Waals surface area contributed by atoms with Crippen LogP contribution in [0.2, 0.25) is 0 Å². The Bertz CT molecular complexity index is 964. The highest BCUT2D eigenvalue weighted by Crippen LogP contribution is 2.16. The highest BCUT2D eigenvalue weighted by atomic mass is 16.7. The van der Waals surface area contributed by atoms with Crippen molar-refractivity contribution in [2.24, 2.45) is 0 Å². The summed E-state index contributed by atoms with van der Waals surface area (Å²) in [6.07, 6.45) is 53.3. The zero-order valence-electron chi connectivity index (χ0n) is 49.8. The van der Waals surface area contributed by atoms with Crippen LogP contribution < -0.4 is 0 Å². The lowest BCUT2D eigenvalue weighted by Gasteiger charge is -2.22. The Morgan fingerprint density at radius 1 is 0.274 bits per heavy atom. The van der Waals surface area contributed by atoms with Crippen molar-refractivity contribution in [2.45, 2.75) is 343 Å². The van der Waals surface area contributed by atoms with Gasteiger partial charge in [-0.1, -0.05) is 247 Å². The third-order valence-corrected chi connectivity index (χ3v) is 14.5. The molecule has 0 fully saturated rings. The molecule has 0 aliphatic carbocycles. The molecular weight excluding hydrogens is 911 g/mol. The largest absolute Gasteiger partial charge is 0.466 e. The Morgan fingerprint density at radius 3 is 0.767 bits per heavy atom. The number of carbonyl (C=O) groups excluding carboxylic acids is 2. The van der Waals surface area contributed by atoms with Gasteiger partial charge in [-0.2, -0.15) is 0 Å². The number of unbranched alkanes of at least 4 members (excludes halogenated alkanes) is 35. The Morgan fingerprint density at radius 2 is 0.493 bits per heavy atom. The first-order chi connectivity index (χ1) is 36.0. The molecule has 0 unspecified atom stereocenters. The van der Waals surface area contributed by atoms with Crippen molar-refractivity contribution in [3.8, 4) is 0 Å². The van der Waals surface area contributed by atoms with Gasteiger partial charge in [-0.3, -0.25) is 9.59 Å². The summed E-state index contributed by atoms with van der Waals surface area (Å²) in [7, 11) is 0. The van der Waals surface area contributed by atoms with E-state index in [4.69, 9.17) is 28.4 Å². The Hall–Kier alpha value is -1.26. The van der Waals surface area contributed by atoms with Crippen LogP contribution in [0.3, 0.4) is 0 Å². The lowest BCUT2D eigenvalue weighted by molar-refractivity contribution is -0.159. The molecule has 9 heteroatoms. The topological polar surface area (TPSA) is 92.8 Å². The van der Waals surface area contributed by atoms with E-state index in [-0.39, 0.29) is 24.5 Å². The van der Waals surface area contributed by atoms with Crippen molar-refractivity contribution in [1.29, 1.82) is 0 Å². The van der Waals surface area contributed by atoms with Gasteiger partial charge in [0.05, 0.1) is 26.1 Å². The van der Waals surface area contributed by atoms with Gasteiger partial charge < -0.3 is 33.3 Å². The van der Waals surface area contributed by atoms with Crippen molar-refractivity contribution < 1.29 is 38.0 Å². The summed E-state index contributed by atoms with van der Waals surface area (Å²) in [6, 6.07) is 0. The number of carbonyl (C=O) groups is 2. The molecule has 0 amide bonds. The third-order valence-electron chi connectivity index (χ3n) is 14.5. The summed E-state index contributed by atoms with van der Waals surface area (Å²) in [6.45, 7) is 18.9. The normalized spacial score (nSPS) is 11.8. The van der Waals surface area contributed by atoms with Gasteiger partial charge in [0, 0.05) is 39.3 Å². The first kappa shape index (κ1) is 71.7. The number of hydrogen-bond donors (Lipinski definition) is 0. The smallest absolute Gasteiger partial charge is 0.305 e. The van der Waals surface area contributed by atoms with E-state index in [1.165, 1.54) is 238 Å². The van der Waals surface area contributed by atoms with Crippen molar-refractivity contribution >= 4 is 11.9 Å². The van der Waals surface area contributed by atoms with Gasteiger partial charge in [0.25, 0.3) is 0 Å². The molecule has 0 aromatic rings. The molecule has 73 heavy (non-hydrogen) atoms. The second kappa shape index (κ2) is 61.6. The molecule has 0 saturated carbocycles. The molecule has 0 aliphatic heterocycles. The highest BCUT2D eigenvalue weighted by molar-refractivity contribution is 5.69. The van der Waals surface area contributed by atoms with E-state index in [1.807, 2.05) is 0 Å². The second-order valence-electron chi connectivity index (χ2n) is 21.8. The van der Waals surface area contributed by atoms with Crippen LogP contribution in [0.25, 0.3) is 0 Å². The Kier molecular flexibility index (Phi) is 60.5. The molecule has 0 aliphatic rings. The van der Waals surface area contributed by atoms with Gasteiger partial charge in [-0.15, -0.1) is 0 Å². The summed E-state index contributed by atoms with van der Waals surface area (Å²) in [4.78, 5) is 27.8. The van der Waals surface area contributed by atoms with E-state index in [9.17, 15) is 9.59 Å². The first-order valence-corrected chi connectivity index (χ1v) is 32.5. The summed E-state index contributed by atoms with van der Waals surface area (Å²) < 4.78 is 35.6. The maximum atomic E-state index is 12.6. The van der Waals surface area contributed by atoms with Gasteiger partial charge in [0.15, 0.2) is 12.6 Å². The molecule has 0 radical (unpaired) electrons. The summed E-state index contributed by atoms with van der Waals surface area (Å²) in [5.41, 5.74) is 0. The van der Waals surface area contributed by atoms with E-state index < -0.39 is 0 Å². The average molecular weight is 1040 g/mol. The fourth-order valence-corrected chi connectivity index (χ4v) is 9.52. The summed E-state index contributed by atoms with van der Waals surface area (Å²) in [5.74, 6) is -0.234. The van der Waals surface area contributed by atoms with Gasteiger partial charge in [0.1, 0.15) is 0 Å². The van der Waals surface area contributed by atoms with Gasteiger partial charge >= 0.3 is 11.9 Å². The van der Waals surface area contributed by atoms with E-state index >= 15 is 0 Å². The number of hydrogen-bond acceptors (Lipinski definition) is 9. The van der Waals surface area contributed by atoms with Crippen molar-refractivity contribution in [2.75, 3.05) is 59.3 Å². The first-order valence-electron chi connectivity index (χ1n) is 32.5. The van der Waals surface area contributed by atoms with Crippen LogP contribution >= 0.6 is 0 Å². The molecule has 0 rings (SSSR count). The molecule has 0 heterocycles. The van der Waals surface area contributed by atoms with Gasteiger partial charge in [-0.05, 0) is 77.4 Å². The van der Waals surface area contributed by atoms with E-state index in [1.54, 1.807) is 0 Å². The molecule has 0 aromatic carbocycles. The maximum Gasteiger partial charge on any atom is 0.305 e.